The SMILES string of the molecule is CC(C)(C)OC(=O)N[C@@H](Cc1ccccc1)C(=O)Nc1c(C(N)=O)oc2ccc(Br)cc12. The molecule has 168 valence electrons. The van der Waals surface area contributed by atoms with Gasteiger partial charge in [0.25, 0.3) is 5.91 Å². The van der Waals surface area contributed by atoms with Crippen molar-refractivity contribution in [2.75, 3.05) is 5.32 Å². The van der Waals surface area contributed by atoms with Crippen LogP contribution in [0.2, 0.25) is 0 Å². The van der Waals surface area contributed by atoms with Gasteiger partial charge in [-0.2, -0.15) is 0 Å². The zero-order valence-corrected chi connectivity index (χ0v) is 19.5. The molecule has 1 aromatic heterocycles. The topological polar surface area (TPSA) is 124 Å². The van der Waals surface area contributed by atoms with E-state index in [0.29, 0.717) is 11.0 Å². The molecule has 1 heterocycles. The van der Waals surface area contributed by atoms with Crippen LogP contribution in [-0.2, 0) is 16.0 Å². The maximum Gasteiger partial charge on any atom is 0.408 e. The summed E-state index contributed by atoms with van der Waals surface area (Å²) in [6.07, 6.45) is -0.527. The Kier molecular flexibility index (Phi) is 6.88. The molecule has 3 amide bonds. The molecule has 0 radical (unpaired) electrons. The van der Waals surface area contributed by atoms with Crippen molar-refractivity contribution in [1.29, 1.82) is 0 Å². The van der Waals surface area contributed by atoms with E-state index in [4.69, 9.17) is 14.9 Å². The van der Waals surface area contributed by atoms with E-state index in [9.17, 15) is 14.4 Å². The van der Waals surface area contributed by atoms with Crippen LogP contribution >= 0.6 is 15.9 Å². The third-order valence-electron chi connectivity index (χ3n) is 4.41. The van der Waals surface area contributed by atoms with E-state index < -0.39 is 29.6 Å². The van der Waals surface area contributed by atoms with Crippen molar-refractivity contribution in [2.24, 2.45) is 5.73 Å². The van der Waals surface area contributed by atoms with Crippen molar-refractivity contribution in [3.05, 3.63) is 64.3 Å². The Bertz CT molecular complexity index is 1150. The summed E-state index contributed by atoms with van der Waals surface area (Å²) in [5.74, 6) is -1.56. The number of nitrogens with one attached hydrogen (secondary N) is 2. The monoisotopic (exact) mass is 501 g/mol. The van der Waals surface area contributed by atoms with Crippen molar-refractivity contribution >= 4 is 50.5 Å². The van der Waals surface area contributed by atoms with Crippen molar-refractivity contribution in [2.45, 2.75) is 38.8 Å². The van der Waals surface area contributed by atoms with Gasteiger partial charge in [0.05, 0.1) is 0 Å². The molecule has 3 aromatic rings. The molecule has 32 heavy (non-hydrogen) atoms. The summed E-state index contributed by atoms with van der Waals surface area (Å²) in [5.41, 5.74) is 6.08. The van der Waals surface area contributed by atoms with Crippen molar-refractivity contribution in [1.82, 2.24) is 5.32 Å². The first-order chi connectivity index (χ1) is 15.0. The number of carbonyl (C=O) groups is 3. The number of anilines is 1. The number of fused-ring (bicyclic) bond motifs is 1. The fourth-order valence-electron chi connectivity index (χ4n) is 3.09. The first kappa shape index (κ1) is 23.3. The van der Waals surface area contributed by atoms with Gasteiger partial charge in [0.2, 0.25) is 11.7 Å². The Morgan fingerprint density at radius 3 is 2.44 bits per heavy atom. The van der Waals surface area contributed by atoms with Gasteiger partial charge < -0.3 is 25.5 Å². The lowest BCUT2D eigenvalue weighted by Crippen LogP contribution is -2.47. The fourth-order valence-corrected chi connectivity index (χ4v) is 3.45. The molecular formula is C23H24BrN3O5. The largest absolute Gasteiger partial charge is 0.449 e. The number of furan rings is 1. The van der Waals surface area contributed by atoms with E-state index in [-0.39, 0.29) is 17.9 Å². The third kappa shape index (κ3) is 5.88. The third-order valence-corrected chi connectivity index (χ3v) is 4.91. The average molecular weight is 502 g/mol. The molecule has 0 saturated carbocycles. The molecule has 3 rings (SSSR count). The highest BCUT2D eigenvalue weighted by molar-refractivity contribution is 9.10. The maximum atomic E-state index is 13.2. The number of primary amides is 1. The van der Waals surface area contributed by atoms with E-state index in [1.165, 1.54) is 0 Å². The minimum atomic E-state index is -0.981. The zero-order valence-electron chi connectivity index (χ0n) is 17.9. The molecule has 0 saturated heterocycles. The van der Waals surface area contributed by atoms with Crippen LogP contribution in [-0.4, -0.2) is 29.6 Å². The Hall–Kier alpha value is -3.33. The number of halogens is 1. The molecular weight excluding hydrogens is 478 g/mol. The van der Waals surface area contributed by atoms with Gasteiger partial charge in [-0.15, -0.1) is 0 Å². The van der Waals surface area contributed by atoms with Crippen LogP contribution in [0.15, 0.2) is 57.4 Å². The molecule has 0 aliphatic carbocycles. The molecule has 1 atom stereocenters. The number of alkyl carbamates (subject to hydrolysis) is 1. The highest BCUT2D eigenvalue weighted by Crippen LogP contribution is 2.33. The molecule has 2 aromatic carbocycles. The van der Waals surface area contributed by atoms with Gasteiger partial charge in [0, 0.05) is 16.3 Å². The number of rotatable bonds is 6. The number of amides is 3. The first-order valence-corrected chi connectivity index (χ1v) is 10.7. The van der Waals surface area contributed by atoms with E-state index >= 15 is 0 Å². The molecule has 0 bridgehead atoms. The lowest BCUT2D eigenvalue weighted by molar-refractivity contribution is -0.118. The highest BCUT2D eigenvalue weighted by Gasteiger charge is 2.28. The second-order valence-corrected chi connectivity index (χ2v) is 9.10. The summed E-state index contributed by atoms with van der Waals surface area (Å²) in [5, 5.41) is 5.82. The maximum absolute atomic E-state index is 13.2. The van der Waals surface area contributed by atoms with Crippen LogP contribution in [0.1, 0.15) is 36.9 Å². The van der Waals surface area contributed by atoms with Crippen LogP contribution in [0.4, 0.5) is 10.5 Å². The second-order valence-electron chi connectivity index (χ2n) is 8.19. The van der Waals surface area contributed by atoms with E-state index in [1.54, 1.807) is 39.0 Å². The number of hydrogen-bond donors (Lipinski definition) is 3. The predicted molar refractivity (Wildman–Crippen MR) is 124 cm³/mol. The summed E-state index contributed by atoms with van der Waals surface area (Å²) in [7, 11) is 0. The molecule has 0 unspecified atom stereocenters. The number of nitrogens with two attached hydrogens (primary N) is 1. The standard InChI is InChI=1S/C23H24BrN3O5/c1-23(2,3)32-22(30)26-16(11-13-7-5-4-6-8-13)21(29)27-18-15-12-14(24)9-10-17(15)31-19(18)20(25)28/h4-10,12,16H,11H2,1-3H3,(H2,25,28)(H,26,30)(H,27,29)/t16-/m0/s1. The fraction of sp³-hybridized carbons (Fsp3) is 0.261. The lowest BCUT2D eigenvalue weighted by Gasteiger charge is -2.23. The summed E-state index contributed by atoms with van der Waals surface area (Å²) in [6, 6.07) is 13.3. The van der Waals surface area contributed by atoms with Crippen molar-refractivity contribution in [3.8, 4) is 0 Å². The smallest absolute Gasteiger partial charge is 0.408 e. The normalized spacial score (nSPS) is 12.2. The van der Waals surface area contributed by atoms with Crippen molar-refractivity contribution in [3.63, 3.8) is 0 Å². The van der Waals surface area contributed by atoms with Gasteiger partial charge in [0.15, 0.2) is 0 Å². The zero-order chi connectivity index (χ0) is 23.5. The van der Waals surface area contributed by atoms with E-state index in [2.05, 4.69) is 26.6 Å². The Morgan fingerprint density at radius 1 is 1.12 bits per heavy atom. The average Bonchev–Trinajstić information content (AvgIpc) is 3.04. The second kappa shape index (κ2) is 9.44. The Morgan fingerprint density at radius 2 is 1.81 bits per heavy atom. The van der Waals surface area contributed by atoms with Gasteiger partial charge in [-0.25, -0.2) is 4.79 Å². The molecule has 0 fully saturated rings. The molecule has 4 N–H and O–H groups in total. The van der Waals surface area contributed by atoms with Crippen molar-refractivity contribution < 1.29 is 23.5 Å². The van der Waals surface area contributed by atoms with Gasteiger partial charge in [-0.05, 0) is 44.5 Å². The highest BCUT2D eigenvalue weighted by atomic mass is 79.9. The van der Waals surface area contributed by atoms with E-state index in [1.807, 2.05) is 30.3 Å². The lowest BCUT2D eigenvalue weighted by atomic mass is 10.1. The van der Waals surface area contributed by atoms with Gasteiger partial charge >= 0.3 is 6.09 Å². The minimum Gasteiger partial charge on any atom is -0.449 e. The van der Waals surface area contributed by atoms with Gasteiger partial charge in [-0.3, -0.25) is 9.59 Å². The number of hydrogen-bond acceptors (Lipinski definition) is 5. The van der Waals surface area contributed by atoms with Crippen LogP contribution in [0.25, 0.3) is 11.0 Å². The number of carbonyl (C=O) groups excluding carboxylic acids is 3. The summed E-state index contributed by atoms with van der Waals surface area (Å²) in [4.78, 5) is 37.5. The van der Waals surface area contributed by atoms with Crippen LogP contribution in [0.3, 0.4) is 0 Å². The quantitative estimate of drug-likeness (QED) is 0.462. The van der Waals surface area contributed by atoms with Gasteiger partial charge in [0.1, 0.15) is 22.9 Å². The summed E-state index contributed by atoms with van der Waals surface area (Å²) < 4.78 is 11.6. The predicted octanol–water partition coefficient (Wildman–Crippen LogP) is 4.37. The number of ether oxygens (including phenoxy) is 1. The van der Waals surface area contributed by atoms with Gasteiger partial charge in [-0.1, -0.05) is 46.3 Å². The first-order valence-electron chi connectivity index (χ1n) is 9.89. The van der Waals surface area contributed by atoms with Crippen LogP contribution < -0.4 is 16.4 Å². The molecule has 0 spiro atoms. The summed E-state index contributed by atoms with van der Waals surface area (Å²) >= 11 is 3.37. The minimum absolute atomic E-state index is 0.142. The number of benzene rings is 2. The molecule has 0 aliphatic rings. The Labute approximate surface area is 193 Å². The molecule has 0 aliphatic heterocycles. The van der Waals surface area contributed by atoms with E-state index in [0.717, 1.165) is 10.0 Å². The Balaban J connectivity index is 1.92. The van der Waals surface area contributed by atoms with Crippen LogP contribution in [0.5, 0.6) is 0 Å². The van der Waals surface area contributed by atoms with Crippen LogP contribution in [0, 0.1) is 0 Å². The summed E-state index contributed by atoms with van der Waals surface area (Å²) in [6.45, 7) is 5.19. The molecule has 8 nitrogen and oxygen atoms in total. The molecule has 9 heteroatoms.